The molecular formula is C19H19N5O2S. The van der Waals surface area contributed by atoms with E-state index in [1.54, 1.807) is 13.3 Å². The van der Waals surface area contributed by atoms with Gasteiger partial charge >= 0.3 is 0 Å². The van der Waals surface area contributed by atoms with Crippen LogP contribution in [0.4, 0.5) is 0 Å². The van der Waals surface area contributed by atoms with E-state index in [0.717, 1.165) is 17.0 Å². The summed E-state index contributed by atoms with van der Waals surface area (Å²) in [5, 5.41) is 13.0. The van der Waals surface area contributed by atoms with Gasteiger partial charge in [-0.3, -0.25) is 4.79 Å². The van der Waals surface area contributed by atoms with Crippen LogP contribution in [0.5, 0.6) is 5.75 Å². The Morgan fingerprint density at radius 1 is 1.19 bits per heavy atom. The molecule has 138 valence electrons. The normalized spacial score (nSPS) is 10.9. The number of carbonyl (C=O) groups excluding carboxylic acids is 1. The van der Waals surface area contributed by atoms with Crippen molar-refractivity contribution in [3.8, 4) is 17.1 Å². The van der Waals surface area contributed by atoms with E-state index in [0.29, 0.717) is 10.9 Å². The van der Waals surface area contributed by atoms with E-state index in [1.807, 2.05) is 66.2 Å². The minimum atomic E-state index is -0.226. The number of benzene rings is 2. The number of rotatable bonds is 7. The molecule has 0 atom stereocenters. The summed E-state index contributed by atoms with van der Waals surface area (Å²) in [7, 11) is 3.47. The Balaban J connectivity index is 1.55. The van der Waals surface area contributed by atoms with E-state index < -0.39 is 0 Å². The molecule has 0 aliphatic rings. The minimum Gasteiger partial charge on any atom is -0.496 e. The number of ether oxygens (including phenoxy) is 1. The fourth-order valence-corrected chi connectivity index (χ4v) is 3.09. The summed E-state index contributed by atoms with van der Waals surface area (Å²) >= 11 is 1.30. The van der Waals surface area contributed by atoms with Crippen molar-refractivity contribution in [3.63, 3.8) is 0 Å². The van der Waals surface area contributed by atoms with E-state index in [2.05, 4.69) is 20.7 Å². The van der Waals surface area contributed by atoms with Crippen LogP contribution >= 0.6 is 11.8 Å². The highest BCUT2D eigenvalue weighted by Crippen LogP contribution is 2.22. The van der Waals surface area contributed by atoms with E-state index >= 15 is 0 Å². The van der Waals surface area contributed by atoms with Crippen LogP contribution in [-0.2, 0) is 11.8 Å². The first-order valence-electron chi connectivity index (χ1n) is 8.21. The highest BCUT2D eigenvalue weighted by molar-refractivity contribution is 7.99. The second-order valence-electron chi connectivity index (χ2n) is 5.56. The lowest BCUT2D eigenvalue weighted by Crippen LogP contribution is -2.20. The molecule has 0 unspecified atom stereocenters. The maximum atomic E-state index is 12.0. The van der Waals surface area contributed by atoms with Gasteiger partial charge in [-0.1, -0.05) is 54.2 Å². The number of nitrogens with zero attached hydrogens (tertiary/aromatic N) is 4. The maximum absolute atomic E-state index is 12.0. The first-order chi connectivity index (χ1) is 13.2. The lowest BCUT2D eigenvalue weighted by atomic mass is 10.2. The van der Waals surface area contributed by atoms with Crippen LogP contribution in [-0.4, -0.2) is 39.7 Å². The number of thioether (sulfide) groups is 1. The number of amides is 1. The van der Waals surface area contributed by atoms with Crippen LogP contribution in [0.25, 0.3) is 11.4 Å². The Morgan fingerprint density at radius 2 is 1.93 bits per heavy atom. The van der Waals surface area contributed by atoms with Gasteiger partial charge in [-0.25, -0.2) is 5.43 Å². The van der Waals surface area contributed by atoms with Crippen LogP contribution in [0.15, 0.2) is 64.9 Å². The van der Waals surface area contributed by atoms with E-state index in [9.17, 15) is 4.79 Å². The van der Waals surface area contributed by atoms with Crippen molar-refractivity contribution in [2.75, 3.05) is 12.9 Å². The Labute approximate surface area is 161 Å². The largest absolute Gasteiger partial charge is 0.496 e. The molecule has 1 heterocycles. The minimum absolute atomic E-state index is 0.185. The fraction of sp³-hybridized carbons (Fsp3) is 0.158. The van der Waals surface area contributed by atoms with Gasteiger partial charge < -0.3 is 9.30 Å². The summed E-state index contributed by atoms with van der Waals surface area (Å²) in [5.41, 5.74) is 4.27. The van der Waals surface area contributed by atoms with Crippen molar-refractivity contribution in [2.24, 2.45) is 12.1 Å². The van der Waals surface area contributed by atoms with Crippen molar-refractivity contribution in [3.05, 3.63) is 60.2 Å². The van der Waals surface area contributed by atoms with Gasteiger partial charge in [-0.2, -0.15) is 5.10 Å². The van der Waals surface area contributed by atoms with Gasteiger partial charge in [0.05, 0.1) is 19.1 Å². The molecule has 0 aliphatic carbocycles. The number of carbonyl (C=O) groups is 1. The number of methoxy groups -OCH3 is 1. The van der Waals surface area contributed by atoms with Gasteiger partial charge in [0.15, 0.2) is 11.0 Å². The highest BCUT2D eigenvalue weighted by atomic mass is 32.2. The molecule has 0 bridgehead atoms. The SMILES string of the molecule is COc1ccccc1C=NNC(=O)CSc1nnc(-c2ccccc2)n1C. The average molecular weight is 381 g/mol. The molecule has 0 radical (unpaired) electrons. The Morgan fingerprint density at radius 3 is 2.70 bits per heavy atom. The van der Waals surface area contributed by atoms with Crippen LogP contribution in [0.1, 0.15) is 5.56 Å². The van der Waals surface area contributed by atoms with E-state index in [1.165, 1.54) is 11.8 Å². The summed E-state index contributed by atoms with van der Waals surface area (Å²) in [6.45, 7) is 0. The molecule has 3 aromatic rings. The first kappa shape index (κ1) is 18.7. The zero-order chi connectivity index (χ0) is 19.1. The summed E-state index contributed by atoms with van der Waals surface area (Å²) in [5.74, 6) is 1.41. The number of aromatic nitrogens is 3. The van der Waals surface area contributed by atoms with Crippen molar-refractivity contribution in [1.82, 2.24) is 20.2 Å². The number of para-hydroxylation sites is 1. The average Bonchev–Trinajstić information content (AvgIpc) is 3.08. The molecule has 0 saturated heterocycles. The molecule has 2 aromatic carbocycles. The second kappa shape index (κ2) is 9.00. The second-order valence-corrected chi connectivity index (χ2v) is 6.50. The zero-order valence-corrected chi connectivity index (χ0v) is 15.8. The summed E-state index contributed by atoms with van der Waals surface area (Å²) < 4.78 is 7.10. The Kier molecular flexibility index (Phi) is 6.22. The third-order valence-electron chi connectivity index (χ3n) is 3.73. The van der Waals surface area contributed by atoms with Crippen LogP contribution in [0.3, 0.4) is 0 Å². The third kappa shape index (κ3) is 4.73. The molecule has 7 nitrogen and oxygen atoms in total. The van der Waals surface area contributed by atoms with Gasteiger partial charge in [0.1, 0.15) is 5.75 Å². The standard InChI is InChI=1S/C19H19N5O2S/c1-24-18(14-8-4-3-5-9-14)22-23-19(24)27-13-17(25)21-20-12-15-10-6-7-11-16(15)26-2/h3-12H,13H2,1-2H3,(H,21,25). The van der Waals surface area contributed by atoms with E-state index in [4.69, 9.17) is 4.74 Å². The molecule has 1 N–H and O–H groups in total. The molecule has 1 amide bonds. The third-order valence-corrected chi connectivity index (χ3v) is 4.75. The molecule has 3 rings (SSSR count). The maximum Gasteiger partial charge on any atom is 0.250 e. The van der Waals surface area contributed by atoms with Crippen molar-refractivity contribution < 1.29 is 9.53 Å². The molecule has 0 saturated carbocycles. The topological polar surface area (TPSA) is 81.4 Å². The van der Waals surface area contributed by atoms with Crippen LogP contribution in [0, 0.1) is 0 Å². The first-order valence-corrected chi connectivity index (χ1v) is 9.20. The van der Waals surface area contributed by atoms with Gasteiger partial charge in [-0.05, 0) is 12.1 Å². The molecule has 0 aliphatic heterocycles. The van der Waals surface area contributed by atoms with Crippen molar-refractivity contribution >= 4 is 23.9 Å². The molecule has 1 aromatic heterocycles. The molecule has 0 spiro atoms. The quantitative estimate of drug-likeness (QED) is 0.387. The Hall–Kier alpha value is -3.13. The molecule has 27 heavy (non-hydrogen) atoms. The van der Waals surface area contributed by atoms with Crippen LogP contribution in [0.2, 0.25) is 0 Å². The highest BCUT2D eigenvalue weighted by Gasteiger charge is 2.12. The van der Waals surface area contributed by atoms with Gasteiger partial charge in [0.2, 0.25) is 0 Å². The smallest absolute Gasteiger partial charge is 0.250 e. The fourth-order valence-electron chi connectivity index (χ4n) is 2.39. The summed E-state index contributed by atoms with van der Waals surface area (Å²) in [6, 6.07) is 17.2. The number of nitrogens with one attached hydrogen (secondary N) is 1. The van der Waals surface area contributed by atoms with Crippen LogP contribution < -0.4 is 10.2 Å². The van der Waals surface area contributed by atoms with Crippen molar-refractivity contribution in [2.45, 2.75) is 5.16 Å². The van der Waals surface area contributed by atoms with E-state index in [-0.39, 0.29) is 11.7 Å². The van der Waals surface area contributed by atoms with Gasteiger partial charge in [-0.15, -0.1) is 10.2 Å². The molecule has 0 fully saturated rings. The Bertz CT molecular complexity index is 940. The van der Waals surface area contributed by atoms with Gasteiger partial charge in [0, 0.05) is 18.2 Å². The summed E-state index contributed by atoms with van der Waals surface area (Å²) in [4.78, 5) is 12.0. The lowest BCUT2D eigenvalue weighted by Gasteiger charge is -2.04. The summed E-state index contributed by atoms with van der Waals surface area (Å²) in [6.07, 6.45) is 1.55. The predicted molar refractivity (Wildman–Crippen MR) is 106 cm³/mol. The zero-order valence-electron chi connectivity index (χ0n) is 15.0. The number of hydrazone groups is 1. The number of hydrogen-bond donors (Lipinski definition) is 1. The number of hydrogen-bond acceptors (Lipinski definition) is 6. The molecule has 8 heteroatoms. The lowest BCUT2D eigenvalue weighted by molar-refractivity contribution is -0.118. The van der Waals surface area contributed by atoms with Gasteiger partial charge in [0.25, 0.3) is 5.91 Å². The monoisotopic (exact) mass is 381 g/mol. The molecular weight excluding hydrogens is 362 g/mol. The van der Waals surface area contributed by atoms with Crippen molar-refractivity contribution in [1.29, 1.82) is 0 Å². The predicted octanol–water partition coefficient (Wildman–Crippen LogP) is 2.73.